The predicted octanol–water partition coefficient (Wildman–Crippen LogP) is 4.27. The molecule has 0 aliphatic carbocycles. The number of rotatable bonds is 3. The summed E-state index contributed by atoms with van der Waals surface area (Å²) < 4.78 is 14.4. The number of aryl methyl sites for hydroxylation is 1. The molecule has 17 heavy (non-hydrogen) atoms. The smallest absolute Gasteiger partial charge is 0.123 e. The molecule has 4 heteroatoms. The molecular weight excluding hydrogens is 301 g/mol. The Hall–Kier alpha value is -0.710. The van der Waals surface area contributed by atoms with Gasteiger partial charge in [-0.2, -0.15) is 0 Å². The van der Waals surface area contributed by atoms with Gasteiger partial charge >= 0.3 is 0 Å². The number of nitrogens with one attached hydrogen (secondary N) is 1. The third kappa shape index (κ3) is 2.76. The van der Waals surface area contributed by atoms with Gasteiger partial charge in [-0.1, -0.05) is 12.1 Å². The third-order valence-corrected chi connectivity index (χ3v) is 4.83. The van der Waals surface area contributed by atoms with Crippen molar-refractivity contribution in [3.8, 4) is 0 Å². The lowest BCUT2D eigenvalue weighted by Gasteiger charge is -2.14. The van der Waals surface area contributed by atoms with Crippen molar-refractivity contribution in [1.29, 1.82) is 0 Å². The largest absolute Gasteiger partial charge is 0.309 e. The fourth-order valence-electron chi connectivity index (χ4n) is 1.79. The monoisotopic (exact) mass is 313 g/mol. The van der Waals surface area contributed by atoms with Crippen LogP contribution in [-0.2, 0) is 0 Å². The highest BCUT2D eigenvalue weighted by molar-refractivity contribution is 9.11. The molecule has 1 aromatic carbocycles. The maximum absolute atomic E-state index is 13.2. The molecule has 1 atom stereocenters. The number of benzene rings is 1. The second kappa shape index (κ2) is 5.29. The van der Waals surface area contributed by atoms with E-state index < -0.39 is 0 Å². The Bertz CT molecular complexity index is 504. The highest BCUT2D eigenvalue weighted by atomic mass is 79.9. The zero-order chi connectivity index (χ0) is 12.4. The Kier molecular flexibility index (Phi) is 3.97. The molecule has 0 saturated carbocycles. The van der Waals surface area contributed by atoms with Crippen LogP contribution in [0, 0.1) is 12.7 Å². The summed E-state index contributed by atoms with van der Waals surface area (Å²) in [7, 11) is 1.89. The molecule has 1 unspecified atom stereocenters. The Balaban J connectivity index is 2.39. The molecule has 0 amide bonds. The first kappa shape index (κ1) is 12.7. The van der Waals surface area contributed by atoms with E-state index in [-0.39, 0.29) is 11.9 Å². The minimum absolute atomic E-state index is 0.0423. The van der Waals surface area contributed by atoms with Crippen LogP contribution in [0.3, 0.4) is 0 Å². The number of halogens is 2. The Labute approximate surface area is 113 Å². The molecule has 2 rings (SSSR count). The van der Waals surface area contributed by atoms with Gasteiger partial charge < -0.3 is 5.32 Å². The summed E-state index contributed by atoms with van der Waals surface area (Å²) in [5, 5.41) is 3.23. The van der Waals surface area contributed by atoms with Gasteiger partial charge in [0.05, 0.1) is 9.83 Å². The maximum Gasteiger partial charge on any atom is 0.123 e. The highest BCUT2D eigenvalue weighted by Crippen LogP contribution is 2.34. The second-order valence-electron chi connectivity index (χ2n) is 3.88. The Morgan fingerprint density at radius 2 is 2.12 bits per heavy atom. The maximum atomic E-state index is 13.2. The van der Waals surface area contributed by atoms with Crippen molar-refractivity contribution in [2.24, 2.45) is 0 Å². The Morgan fingerprint density at radius 3 is 2.65 bits per heavy atom. The van der Waals surface area contributed by atoms with E-state index in [1.165, 1.54) is 16.5 Å². The van der Waals surface area contributed by atoms with Gasteiger partial charge in [-0.15, -0.1) is 11.3 Å². The van der Waals surface area contributed by atoms with Crippen LogP contribution in [0.2, 0.25) is 0 Å². The van der Waals surface area contributed by atoms with Crippen molar-refractivity contribution < 1.29 is 4.39 Å². The zero-order valence-corrected chi connectivity index (χ0v) is 12.0. The first-order valence-electron chi connectivity index (χ1n) is 5.30. The molecule has 1 heterocycles. The van der Waals surface area contributed by atoms with Crippen LogP contribution in [0.1, 0.15) is 22.0 Å². The number of hydrogen-bond donors (Lipinski definition) is 1. The first-order chi connectivity index (χ1) is 8.11. The van der Waals surface area contributed by atoms with Crippen molar-refractivity contribution in [2.45, 2.75) is 13.0 Å². The van der Waals surface area contributed by atoms with Crippen molar-refractivity contribution in [3.63, 3.8) is 0 Å². The first-order valence-corrected chi connectivity index (χ1v) is 6.91. The van der Waals surface area contributed by atoms with Gasteiger partial charge in [0, 0.05) is 4.88 Å². The molecular formula is C13H13BrFNS. The van der Waals surface area contributed by atoms with Gasteiger partial charge in [0.25, 0.3) is 0 Å². The van der Waals surface area contributed by atoms with Gasteiger partial charge in [0.15, 0.2) is 0 Å². The fourth-order valence-corrected chi connectivity index (χ4v) is 3.49. The SMILES string of the molecule is CNC(c1cccc(F)c1)c1cc(C)c(Br)s1. The molecule has 1 N–H and O–H groups in total. The van der Waals surface area contributed by atoms with E-state index in [1.54, 1.807) is 23.5 Å². The molecule has 0 aliphatic rings. The van der Waals surface area contributed by atoms with Gasteiger partial charge in [-0.25, -0.2) is 4.39 Å². The lowest BCUT2D eigenvalue weighted by atomic mass is 10.1. The molecule has 90 valence electrons. The fraction of sp³-hybridized carbons (Fsp3) is 0.231. The lowest BCUT2D eigenvalue weighted by Crippen LogP contribution is -2.16. The molecule has 0 spiro atoms. The van der Waals surface area contributed by atoms with E-state index in [0.29, 0.717) is 0 Å². The Morgan fingerprint density at radius 1 is 1.35 bits per heavy atom. The summed E-state index contributed by atoms with van der Waals surface area (Å²) in [4.78, 5) is 1.18. The van der Waals surface area contributed by atoms with Crippen LogP contribution in [0.25, 0.3) is 0 Å². The second-order valence-corrected chi connectivity index (χ2v) is 6.28. The molecule has 0 saturated heterocycles. The molecule has 1 nitrogen and oxygen atoms in total. The average Bonchev–Trinajstić information content (AvgIpc) is 2.60. The standard InChI is InChI=1S/C13H13BrFNS/c1-8-6-11(17-13(8)14)12(16-2)9-4-3-5-10(15)7-9/h3-7,12,16H,1-2H3. The summed E-state index contributed by atoms with van der Waals surface area (Å²) in [5.41, 5.74) is 2.16. The third-order valence-electron chi connectivity index (χ3n) is 2.63. The summed E-state index contributed by atoms with van der Waals surface area (Å²) in [5.74, 6) is -0.199. The minimum atomic E-state index is -0.199. The van der Waals surface area contributed by atoms with Crippen LogP contribution < -0.4 is 5.32 Å². The van der Waals surface area contributed by atoms with Crippen LogP contribution >= 0.6 is 27.3 Å². The molecule has 0 aliphatic heterocycles. The molecule has 1 aromatic heterocycles. The van der Waals surface area contributed by atoms with Crippen molar-refractivity contribution in [3.05, 3.63) is 55.9 Å². The van der Waals surface area contributed by atoms with Crippen molar-refractivity contribution in [1.82, 2.24) is 5.32 Å². The number of hydrogen-bond acceptors (Lipinski definition) is 2. The van der Waals surface area contributed by atoms with E-state index in [2.05, 4.69) is 34.2 Å². The quantitative estimate of drug-likeness (QED) is 0.892. The average molecular weight is 314 g/mol. The molecule has 0 fully saturated rings. The topological polar surface area (TPSA) is 12.0 Å². The van der Waals surface area contributed by atoms with E-state index in [0.717, 1.165) is 9.35 Å². The summed E-state index contributed by atoms with van der Waals surface area (Å²) in [6.07, 6.45) is 0. The molecule has 2 aromatic rings. The highest BCUT2D eigenvalue weighted by Gasteiger charge is 2.15. The van der Waals surface area contributed by atoms with Gasteiger partial charge in [0.1, 0.15) is 5.82 Å². The van der Waals surface area contributed by atoms with Gasteiger partial charge in [-0.3, -0.25) is 0 Å². The molecule has 0 radical (unpaired) electrons. The van der Waals surface area contributed by atoms with E-state index in [1.807, 2.05) is 13.1 Å². The van der Waals surface area contributed by atoms with E-state index >= 15 is 0 Å². The van der Waals surface area contributed by atoms with E-state index in [4.69, 9.17) is 0 Å². The summed E-state index contributed by atoms with van der Waals surface area (Å²) in [6.45, 7) is 2.06. The summed E-state index contributed by atoms with van der Waals surface area (Å²) >= 11 is 5.20. The zero-order valence-electron chi connectivity index (χ0n) is 9.63. The van der Waals surface area contributed by atoms with Crippen LogP contribution in [0.5, 0.6) is 0 Å². The van der Waals surface area contributed by atoms with Gasteiger partial charge in [0.2, 0.25) is 0 Å². The number of thiophene rings is 1. The lowest BCUT2D eigenvalue weighted by molar-refractivity contribution is 0.618. The van der Waals surface area contributed by atoms with E-state index in [9.17, 15) is 4.39 Å². The summed E-state index contributed by atoms with van der Waals surface area (Å²) in [6, 6.07) is 8.88. The predicted molar refractivity (Wildman–Crippen MR) is 74.1 cm³/mol. The molecule has 0 bridgehead atoms. The normalized spacial score (nSPS) is 12.7. The van der Waals surface area contributed by atoms with Crippen molar-refractivity contribution in [2.75, 3.05) is 7.05 Å². The van der Waals surface area contributed by atoms with Crippen LogP contribution in [0.4, 0.5) is 4.39 Å². The van der Waals surface area contributed by atoms with Gasteiger partial charge in [-0.05, 0) is 59.2 Å². The van der Waals surface area contributed by atoms with Crippen LogP contribution in [-0.4, -0.2) is 7.05 Å². The van der Waals surface area contributed by atoms with Crippen molar-refractivity contribution >= 4 is 27.3 Å². The van der Waals surface area contributed by atoms with Crippen LogP contribution in [0.15, 0.2) is 34.1 Å². The minimum Gasteiger partial charge on any atom is -0.309 e.